The fraction of sp³-hybridized carbons (Fsp3) is 0.933. The summed E-state index contributed by atoms with van der Waals surface area (Å²) in [6.45, 7) is 11.0. The number of nitriles is 1. The summed E-state index contributed by atoms with van der Waals surface area (Å²) in [5, 5.41) is 13.0. The van der Waals surface area contributed by atoms with E-state index in [2.05, 4.69) is 44.0 Å². The van der Waals surface area contributed by atoms with E-state index < -0.39 is 0 Å². The van der Waals surface area contributed by atoms with Crippen LogP contribution < -0.4 is 5.32 Å². The summed E-state index contributed by atoms with van der Waals surface area (Å²) in [5.41, 5.74) is -0.279. The van der Waals surface area contributed by atoms with E-state index in [1.54, 1.807) is 0 Å². The van der Waals surface area contributed by atoms with Gasteiger partial charge in [0.1, 0.15) is 5.54 Å². The molecule has 0 radical (unpaired) electrons. The van der Waals surface area contributed by atoms with Crippen LogP contribution >= 0.6 is 0 Å². The van der Waals surface area contributed by atoms with Crippen molar-refractivity contribution in [2.24, 2.45) is 0 Å². The molecule has 0 aromatic heterocycles. The monoisotopic (exact) mass is 251 g/mol. The highest BCUT2D eigenvalue weighted by atomic mass is 15.2. The molecule has 1 N–H and O–H groups in total. The molecular weight excluding hydrogens is 222 g/mol. The minimum absolute atomic E-state index is 0.279. The summed E-state index contributed by atoms with van der Waals surface area (Å²) < 4.78 is 0. The second-order valence-corrected chi connectivity index (χ2v) is 5.87. The van der Waals surface area contributed by atoms with Crippen LogP contribution in [0.4, 0.5) is 0 Å². The zero-order valence-electron chi connectivity index (χ0n) is 12.5. The van der Waals surface area contributed by atoms with Crippen molar-refractivity contribution < 1.29 is 0 Å². The highest BCUT2D eigenvalue weighted by Crippen LogP contribution is 2.33. The van der Waals surface area contributed by atoms with Gasteiger partial charge in [0.25, 0.3) is 0 Å². The molecule has 0 spiro atoms. The zero-order valence-corrected chi connectivity index (χ0v) is 12.5. The van der Waals surface area contributed by atoms with Crippen LogP contribution in [0.2, 0.25) is 0 Å². The Hall–Kier alpha value is -0.590. The maximum Gasteiger partial charge on any atom is 0.108 e. The summed E-state index contributed by atoms with van der Waals surface area (Å²) in [6.07, 6.45) is 5.65. The lowest BCUT2D eigenvalue weighted by Gasteiger charge is -2.30. The molecule has 2 atom stereocenters. The minimum atomic E-state index is -0.279. The summed E-state index contributed by atoms with van der Waals surface area (Å²) in [6, 6.07) is 3.51. The molecule has 1 aliphatic carbocycles. The van der Waals surface area contributed by atoms with Crippen molar-refractivity contribution in [3.63, 3.8) is 0 Å². The van der Waals surface area contributed by atoms with Crippen LogP contribution in [0, 0.1) is 11.3 Å². The van der Waals surface area contributed by atoms with Gasteiger partial charge in [-0.2, -0.15) is 5.26 Å². The second-order valence-electron chi connectivity index (χ2n) is 5.87. The maximum absolute atomic E-state index is 9.48. The SMILES string of the molecule is CCCCN(CC)C1CCC(C#N)(NC(C)C)C1. The van der Waals surface area contributed by atoms with Crippen molar-refractivity contribution in [3.8, 4) is 6.07 Å². The van der Waals surface area contributed by atoms with Crippen molar-refractivity contribution in [2.75, 3.05) is 13.1 Å². The van der Waals surface area contributed by atoms with Gasteiger partial charge >= 0.3 is 0 Å². The Morgan fingerprint density at radius 1 is 1.44 bits per heavy atom. The smallest absolute Gasteiger partial charge is 0.108 e. The number of hydrogen-bond donors (Lipinski definition) is 1. The Morgan fingerprint density at radius 2 is 2.17 bits per heavy atom. The van der Waals surface area contributed by atoms with Crippen LogP contribution in [0.15, 0.2) is 0 Å². The van der Waals surface area contributed by atoms with Crippen LogP contribution in [-0.2, 0) is 0 Å². The lowest BCUT2D eigenvalue weighted by molar-refractivity contribution is 0.198. The average Bonchev–Trinajstić information content (AvgIpc) is 2.74. The predicted octanol–water partition coefficient (Wildman–Crippen LogP) is 2.92. The van der Waals surface area contributed by atoms with E-state index in [1.165, 1.54) is 19.4 Å². The molecule has 0 bridgehead atoms. The summed E-state index contributed by atoms with van der Waals surface area (Å²) in [7, 11) is 0. The molecule has 1 aliphatic rings. The van der Waals surface area contributed by atoms with Crippen molar-refractivity contribution in [1.29, 1.82) is 5.26 Å². The molecule has 104 valence electrons. The first-order chi connectivity index (χ1) is 8.56. The third-order valence-corrected chi connectivity index (χ3v) is 3.99. The first-order valence-electron chi connectivity index (χ1n) is 7.50. The first-order valence-corrected chi connectivity index (χ1v) is 7.50. The molecule has 0 amide bonds. The lowest BCUT2D eigenvalue weighted by atomic mass is 9.98. The van der Waals surface area contributed by atoms with E-state index in [0.717, 1.165) is 25.8 Å². The van der Waals surface area contributed by atoms with Crippen LogP contribution in [-0.4, -0.2) is 35.6 Å². The van der Waals surface area contributed by atoms with E-state index in [-0.39, 0.29) is 5.54 Å². The number of nitrogens with zero attached hydrogens (tertiary/aromatic N) is 2. The Labute approximate surface area is 113 Å². The Bertz CT molecular complexity index is 282. The number of unbranched alkanes of at least 4 members (excludes halogenated alkanes) is 1. The molecule has 0 aromatic carbocycles. The van der Waals surface area contributed by atoms with Crippen molar-refractivity contribution in [1.82, 2.24) is 10.2 Å². The third-order valence-electron chi connectivity index (χ3n) is 3.99. The quantitative estimate of drug-likeness (QED) is 0.756. The molecule has 0 aromatic rings. The molecular formula is C15H29N3. The summed E-state index contributed by atoms with van der Waals surface area (Å²) in [4.78, 5) is 2.56. The van der Waals surface area contributed by atoms with E-state index in [4.69, 9.17) is 0 Å². The molecule has 2 unspecified atom stereocenters. The molecule has 1 saturated carbocycles. The predicted molar refractivity (Wildman–Crippen MR) is 76.4 cm³/mol. The standard InChI is InChI=1S/C15H29N3/c1-5-7-10-18(6-2)14-8-9-15(11-14,12-16)17-13(3)4/h13-14,17H,5-11H2,1-4H3. The van der Waals surface area contributed by atoms with Gasteiger partial charge in [-0.1, -0.05) is 20.3 Å². The molecule has 0 heterocycles. The first kappa shape index (κ1) is 15.5. The van der Waals surface area contributed by atoms with Gasteiger partial charge in [0.05, 0.1) is 6.07 Å². The van der Waals surface area contributed by atoms with Crippen molar-refractivity contribution in [2.45, 2.75) is 77.4 Å². The van der Waals surface area contributed by atoms with Gasteiger partial charge < -0.3 is 4.90 Å². The van der Waals surface area contributed by atoms with Gasteiger partial charge in [-0.25, -0.2) is 0 Å². The number of rotatable bonds is 7. The van der Waals surface area contributed by atoms with Gasteiger partial charge in [-0.15, -0.1) is 0 Å². The molecule has 1 rings (SSSR count). The lowest BCUT2D eigenvalue weighted by Crippen LogP contribution is -2.47. The molecule has 1 fully saturated rings. The van der Waals surface area contributed by atoms with E-state index in [9.17, 15) is 5.26 Å². The van der Waals surface area contributed by atoms with Crippen LogP contribution in [0.5, 0.6) is 0 Å². The average molecular weight is 251 g/mol. The minimum Gasteiger partial charge on any atom is -0.301 e. The molecule has 0 aliphatic heterocycles. The van der Waals surface area contributed by atoms with Gasteiger partial charge in [0.15, 0.2) is 0 Å². The zero-order chi connectivity index (χ0) is 13.6. The van der Waals surface area contributed by atoms with Crippen LogP contribution in [0.1, 0.15) is 59.8 Å². The highest BCUT2D eigenvalue weighted by Gasteiger charge is 2.41. The summed E-state index contributed by atoms with van der Waals surface area (Å²) in [5.74, 6) is 0. The fourth-order valence-electron chi connectivity index (χ4n) is 3.11. The molecule has 3 nitrogen and oxygen atoms in total. The topological polar surface area (TPSA) is 39.1 Å². The van der Waals surface area contributed by atoms with E-state index >= 15 is 0 Å². The second kappa shape index (κ2) is 7.11. The van der Waals surface area contributed by atoms with Gasteiger partial charge in [-0.3, -0.25) is 5.32 Å². The number of hydrogen-bond acceptors (Lipinski definition) is 3. The summed E-state index contributed by atoms with van der Waals surface area (Å²) >= 11 is 0. The molecule has 3 heteroatoms. The van der Waals surface area contributed by atoms with Gasteiger partial charge in [0, 0.05) is 12.1 Å². The van der Waals surface area contributed by atoms with Crippen LogP contribution in [0.3, 0.4) is 0 Å². The maximum atomic E-state index is 9.48. The van der Waals surface area contributed by atoms with Crippen molar-refractivity contribution >= 4 is 0 Å². The Kier molecular flexibility index (Phi) is 6.11. The largest absolute Gasteiger partial charge is 0.301 e. The van der Waals surface area contributed by atoms with Gasteiger partial charge in [0.2, 0.25) is 0 Å². The number of nitrogens with one attached hydrogen (secondary N) is 1. The normalized spacial score (nSPS) is 27.9. The van der Waals surface area contributed by atoms with E-state index in [0.29, 0.717) is 12.1 Å². The van der Waals surface area contributed by atoms with Crippen molar-refractivity contribution in [3.05, 3.63) is 0 Å². The highest BCUT2D eigenvalue weighted by molar-refractivity contribution is 5.13. The van der Waals surface area contributed by atoms with E-state index in [1.807, 2.05) is 0 Å². The van der Waals surface area contributed by atoms with Crippen LogP contribution in [0.25, 0.3) is 0 Å². The van der Waals surface area contributed by atoms with Gasteiger partial charge in [-0.05, 0) is 52.6 Å². The Morgan fingerprint density at radius 3 is 2.67 bits per heavy atom. The molecule has 0 saturated heterocycles. The third kappa shape index (κ3) is 3.96. The fourth-order valence-corrected chi connectivity index (χ4v) is 3.11. The Balaban J connectivity index is 2.59. The molecule has 18 heavy (non-hydrogen) atoms.